The molecule has 346 valence electrons. The molecule has 13 heteroatoms. The lowest BCUT2D eigenvalue weighted by Crippen LogP contribution is -2.12. The molecular formula is C54H42F12Si. The fourth-order valence-corrected chi connectivity index (χ4v) is 11.2. The van der Waals surface area contributed by atoms with Crippen LogP contribution in [0.1, 0.15) is 84.0 Å². The van der Waals surface area contributed by atoms with Crippen LogP contribution in [0.4, 0.5) is 52.7 Å². The number of fused-ring (bicyclic) bond motifs is 2. The molecule has 0 bridgehead atoms. The molecule has 0 spiro atoms. The smallest absolute Gasteiger partial charge is 0.166 e. The summed E-state index contributed by atoms with van der Waals surface area (Å²) in [4.78, 5) is 0. The van der Waals surface area contributed by atoms with Gasteiger partial charge in [0, 0.05) is 21.4 Å². The first-order valence-electron chi connectivity index (χ1n) is 21.6. The molecule has 2 atom stereocenters. The van der Waals surface area contributed by atoms with E-state index in [0.29, 0.717) is 45.5 Å². The molecule has 0 aromatic heterocycles. The molecule has 8 rings (SSSR count). The number of alkyl halides is 12. The summed E-state index contributed by atoms with van der Waals surface area (Å²) in [6.07, 6.45) is -16.4. The predicted molar refractivity (Wildman–Crippen MR) is 241 cm³/mol. The van der Waals surface area contributed by atoms with Gasteiger partial charge in [-0.15, -0.1) is 0 Å². The lowest BCUT2D eigenvalue weighted by molar-refractivity contribution is -0.144. The van der Waals surface area contributed by atoms with Gasteiger partial charge in [0.05, 0.1) is 22.3 Å². The van der Waals surface area contributed by atoms with E-state index in [2.05, 4.69) is 0 Å². The van der Waals surface area contributed by atoms with E-state index >= 15 is 0 Å². The highest BCUT2D eigenvalue weighted by Gasteiger charge is 2.40. The highest BCUT2D eigenvalue weighted by molar-refractivity contribution is 6.36. The number of allylic oxidation sites excluding steroid dienone is 2. The van der Waals surface area contributed by atoms with E-state index < -0.39 is 47.0 Å². The quantitative estimate of drug-likeness (QED) is 0.0948. The van der Waals surface area contributed by atoms with Gasteiger partial charge in [-0.3, -0.25) is 0 Å². The number of hydrogen-bond acceptors (Lipinski definition) is 0. The second-order valence-corrected chi connectivity index (χ2v) is 19.0. The fourth-order valence-electron chi connectivity index (χ4n) is 9.59. The molecule has 6 aromatic rings. The van der Waals surface area contributed by atoms with E-state index in [9.17, 15) is 52.7 Å². The molecule has 0 saturated carbocycles. The molecule has 0 aliphatic heterocycles. The third-order valence-corrected chi connectivity index (χ3v) is 14.1. The average molecular weight is 947 g/mol. The van der Waals surface area contributed by atoms with Crippen LogP contribution in [-0.4, -0.2) is 9.52 Å². The van der Waals surface area contributed by atoms with Crippen LogP contribution in [0.3, 0.4) is 0 Å². The monoisotopic (exact) mass is 946 g/mol. The summed E-state index contributed by atoms with van der Waals surface area (Å²) in [6, 6.07) is 29.2. The minimum atomic E-state index is -5.06. The third-order valence-electron chi connectivity index (χ3n) is 12.7. The van der Waals surface area contributed by atoms with Crippen molar-refractivity contribution in [2.24, 2.45) is 11.8 Å². The third kappa shape index (κ3) is 9.53. The number of benzene rings is 6. The number of rotatable bonds is 10. The molecule has 0 N–H and O–H groups in total. The summed E-state index contributed by atoms with van der Waals surface area (Å²) < 4.78 is 171. The van der Waals surface area contributed by atoms with Crippen LogP contribution >= 0.6 is 0 Å². The van der Waals surface area contributed by atoms with Gasteiger partial charge >= 0.3 is 24.7 Å². The minimum Gasteiger partial charge on any atom is -0.166 e. The van der Waals surface area contributed by atoms with Crippen molar-refractivity contribution in [2.75, 3.05) is 0 Å². The second kappa shape index (κ2) is 17.7. The molecule has 6 aromatic carbocycles. The molecule has 0 amide bonds. The molecule has 0 nitrogen and oxygen atoms in total. The van der Waals surface area contributed by atoms with Gasteiger partial charge in [0.2, 0.25) is 0 Å². The van der Waals surface area contributed by atoms with Crippen LogP contribution in [0.15, 0.2) is 132 Å². The van der Waals surface area contributed by atoms with Gasteiger partial charge in [-0.05, 0) is 115 Å². The first kappa shape index (κ1) is 47.7. The normalized spacial score (nSPS) is 16.4. The van der Waals surface area contributed by atoms with Crippen LogP contribution in [0.5, 0.6) is 0 Å². The fraction of sp³-hybridized carbons (Fsp3) is 0.259. The molecule has 2 unspecified atom stereocenters. The van der Waals surface area contributed by atoms with Crippen molar-refractivity contribution < 1.29 is 52.7 Å². The van der Waals surface area contributed by atoms with Crippen LogP contribution < -0.4 is 0 Å². The Kier molecular flexibility index (Phi) is 12.6. The zero-order valence-electron chi connectivity index (χ0n) is 36.5. The summed E-state index contributed by atoms with van der Waals surface area (Å²) in [5, 5.41) is 0. The highest BCUT2D eigenvalue weighted by Crippen LogP contribution is 2.53. The van der Waals surface area contributed by atoms with Gasteiger partial charge in [-0.2, -0.15) is 52.7 Å². The standard InChI is InChI=1S/C54H42F12Si/c1-29(2)43-25-45-41(17-15-39(31-11-7-5-8-12-31)49(45)33-19-35(51(55,56)57)23-36(20-33)52(58,59)60)47(43)27-67-28-48-42-18-16-40(32-13-9-6-10-14-32)50(46(42)26-44(48)30(3)4)34-21-37(53(61,62)63)24-38(22-34)54(64,65)66/h5-26,29-30,47-48H,27-28H2,1-4H3. The van der Waals surface area contributed by atoms with Gasteiger partial charge < -0.3 is 0 Å². The van der Waals surface area contributed by atoms with Crippen LogP contribution in [-0.2, 0) is 24.7 Å². The van der Waals surface area contributed by atoms with E-state index in [4.69, 9.17) is 0 Å². The van der Waals surface area contributed by atoms with Gasteiger partial charge in [0.25, 0.3) is 0 Å². The van der Waals surface area contributed by atoms with E-state index in [1.54, 1.807) is 72.8 Å². The van der Waals surface area contributed by atoms with Crippen molar-refractivity contribution in [3.05, 3.63) is 177 Å². The van der Waals surface area contributed by atoms with Crippen molar-refractivity contribution in [1.82, 2.24) is 0 Å². The first-order valence-corrected chi connectivity index (χ1v) is 23.0. The summed E-state index contributed by atoms with van der Waals surface area (Å²) in [7, 11) is 0.233. The number of halogens is 12. The molecule has 0 heterocycles. The Balaban J connectivity index is 1.22. The van der Waals surface area contributed by atoms with E-state index in [1.807, 2.05) is 52.0 Å². The molecular weight excluding hydrogens is 905 g/mol. The van der Waals surface area contributed by atoms with Crippen molar-refractivity contribution in [1.29, 1.82) is 0 Å². The zero-order chi connectivity index (χ0) is 48.4. The maximum atomic E-state index is 14.3. The predicted octanol–water partition coefficient (Wildman–Crippen LogP) is 17.9. The summed E-state index contributed by atoms with van der Waals surface area (Å²) >= 11 is 0. The summed E-state index contributed by atoms with van der Waals surface area (Å²) in [5.41, 5.74) is 1.09. The van der Waals surface area contributed by atoms with Crippen LogP contribution in [0, 0.1) is 11.8 Å². The Morgan fingerprint density at radius 2 is 0.716 bits per heavy atom. The van der Waals surface area contributed by atoms with Crippen LogP contribution in [0.2, 0.25) is 12.1 Å². The highest BCUT2D eigenvalue weighted by atomic mass is 28.2. The number of hydrogen-bond donors (Lipinski definition) is 0. The van der Waals surface area contributed by atoms with Crippen molar-refractivity contribution in [2.45, 2.75) is 76.3 Å². The molecule has 2 aliphatic carbocycles. The Labute approximate surface area is 382 Å². The van der Waals surface area contributed by atoms with E-state index in [0.717, 1.165) is 46.5 Å². The largest absolute Gasteiger partial charge is 0.416 e. The maximum Gasteiger partial charge on any atom is 0.416 e. The summed E-state index contributed by atoms with van der Waals surface area (Å²) in [6.45, 7) is 7.92. The van der Waals surface area contributed by atoms with Gasteiger partial charge in [0.15, 0.2) is 0 Å². The van der Waals surface area contributed by atoms with Gasteiger partial charge in [0.1, 0.15) is 0 Å². The second-order valence-electron chi connectivity index (χ2n) is 17.7. The van der Waals surface area contributed by atoms with Crippen molar-refractivity contribution >= 4 is 21.7 Å². The maximum absolute atomic E-state index is 14.3. The Hall–Kier alpha value is -5.82. The Bertz CT molecular complexity index is 2620. The lowest BCUT2D eigenvalue weighted by Gasteiger charge is -2.24. The van der Waals surface area contributed by atoms with Crippen molar-refractivity contribution in [3.63, 3.8) is 0 Å². The Morgan fingerprint density at radius 3 is 1.00 bits per heavy atom. The molecule has 67 heavy (non-hydrogen) atoms. The SMILES string of the molecule is CC(C)C1=Cc2c(ccc(-c3ccccc3)c2-c2cc(C(F)(F)F)cc(C(F)(F)F)c2)C1C[Si]CC1C(C(C)C)=Cc2c1ccc(-c1ccccc1)c2-c1cc(C(F)(F)F)cc(C(F)(F)F)c1. The zero-order valence-corrected chi connectivity index (χ0v) is 37.5. The van der Waals surface area contributed by atoms with E-state index in [-0.39, 0.29) is 67.6 Å². The minimum absolute atomic E-state index is 0.0613. The molecule has 0 fully saturated rings. The molecule has 0 saturated heterocycles. The topological polar surface area (TPSA) is 0 Å². The van der Waals surface area contributed by atoms with E-state index in [1.165, 1.54) is 0 Å². The lowest BCUT2D eigenvalue weighted by atomic mass is 9.85. The first-order chi connectivity index (χ1) is 31.4. The Morgan fingerprint density at radius 1 is 0.403 bits per heavy atom. The van der Waals surface area contributed by atoms with Gasteiger partial charge in [-0.25, -0.2) is 0 Å². The van der Waals surface area contributed by atoms with Gasteiger partial charge in [-0.1, -0.05) is 148 Å². The molecule has 2 aliphatic rings. The summed E-state index contributed by atoms with van der Waals surface area (Å²) in [5.74, 6) is -0.624. The average Bonchev–Trinajstić information content (AvgIpc) is 3.84. The van der Waals surface area contributed by atoms with Crippen molar-refractivity contribution in [3.8, 4) is 44.5 Å². The molecule has 2 radical (unpaired) electrons. The van der Waals surface area contributed by atoms with Crippen LogP contribution in [0.25, 0.3) is 56.7 Å².